The summed E-state index contributed by atoms with van der Waals surface area (Å²) in [5, 5.41) is 0. The zero-order valence-electron chi connectivity index (χ0n) is 10.7. The number of nitrogen functional groups attached to an aromatic ring is 1. The summed E-state index contributed by atoms with van der Waals surface area (Å²) in [6.07, 6.45) is 0. The van der Waals surface area contributed by atoms with Crippen molar-refractivity contribution in [2.45, 2.75) is 0 Å². The van der Waals surface area contributed by atoms with Gasteiger partial charge in [-0.1, -0.05) is 18.2 Å². The van der Waals surface area contributed by atoms with Gasteiger partial charge in [0, 0.05) is 18.4 Å². The molecule has 2 aromatic carbocycles. The predicted octanol–water partition coefficient (Wildman–Crippen LogP) is 2.38. The van der Waals surface area contributed by atoms with E-state index in [9.17, 15) is 4.79 Å². The number of hydrogen-bond acceptors (Lipinski definition) is 3. The largest absolute Gasteiger partial charge is 0.399 e. The van der Waals surface area contributed by atoms with E-state index in [-0.39, 0.29) is 5.91 Å². The standard InChI is InChI=1S/C15H15N3O/c1-17-13-7-2-3-8-14(13)18(10-15(17)19)12-6-4-5-11(16)9-12/h2-9H,10,16H2,1H3. The van der Waals surface area contributed by atoms with Crippen LogP contribution in [0, 0.1) is 0 Å². The van der Waals surface area contributed by atoms with Crippen molar-refractivity contribution >= 4 is 28.7 Å². The molecule has 4 nitrogen and oxygen atoms in total. The molecule has 0 unspecified atom stereocenters. The Morgan fingerprint density at radius 2 is 1.79 bits per heavy atom. The molecule has 0 saturated heterocycles. The van der Waals surface area contributed by atoms with E-state index in [1.165, 1.54) is 0 Å². The van der Waals surface area contributed by atoms with E-state index in [2.05, 4.69) is 0 Å². The number of benzene rings is 2. The molecule has 96 valence electrons. The number of hydrogen-bond donors (Lipinski definition) is 1. The lowest BCUT2D eigenvalue weighted by Crippen LogP contribution is -2.41. The van der Waals surface area contributed by atoms with Crippen LogP contribution >= 0.6 is 0 Å². The van der Waals surface area contributed by atoms with Crippen LogP contribution in [0.3, 0.4) is 0 Å². The van der Waals surface area contributed by atoms with Crippen molar-refractivity contribution in [3.8, 4) is 0 Å². The Bertz CT molecular complexity index is 639. The number of nitrogens with zero attached hydrogens (tertiary/aromatic N) is 2. The predicted molar refractivity (Wildman–Crippen MR) is 77.7 cm³/mol. The highest BCUT2D eigenvalue weighted by atomic mass is 16.2. The van der Waals surface area contributed by atoms with Gasteiger partial charge >= 0.3 is 0 Å². The molecular formula is C15H15N3O. The molecule has 3 rings (SSSR count). The van der Waals surface area contributed by atoms with Crippen molar-refractivity contribution in [3.63, 3.8) is 0 Å². The molecule has 1 heterocycles. The zero-order chi connectivity index (χ0) is 13.4. The monoisotopic (exact) mass is 253 g/mol. The van der Waals surface area contributed by atoms with Crippen LogP contribution in [0.1, 0.15) is 0 Å². The third kappa shape index (κ3) is 1.91. The molecule has 4 heteroatoms. The lowest BCUT2D eigenvalue weighted by Gasteiger charge is -2.35. The van der Waals surface area contributed by atoms with Gasteiger partial charge in [-0.2, -0.15) is 0 Å². The van der Waals surface area contributed by atoms with Crippen molar-refractivity contribution in [3.05, 3.63) is 48.5 Å². The Labute approximate surface area is 112 Å². The second kappa shape index (κ2) is 4.31. The van der Waals surface area contributed by atoms with E-state index in [4.69, 9.17) is 5.73 Å². The van der Waals surface area contributed by atoms with Crippen molar-refractivity contribution in [2.24, 2.45) is 0 Å². The maximum atomic E-state index is 12.1. The normalized spacial score (nSPS) is 14.5. The summed E-state index contributed by atoms with van der Waals surface area (Å²) in [7, 11) is 1.80. The van der Waals surface area contributed by atoms with E-state index < -0.39 is 0 Å². The van der Waals surface area contributed by atoms with Crippen LogP contribution in [-0.2, 0) is 4.79 Å². The number of nitrogens with two attached hydrogens (primary N) is 1. The van der Waals surface area contributed by atoms with Gasteiger partial charge in [0.15, 0.2) is 0 Å². The number of fused-ring (bicyclic) bond motifs is 1. The highest BCUT2D eigenvalue weighted by Gasteiger charge is 2.27. The summed E-state index contributed by atoms with van der Waals surface area (Å²) < 4.78 is 0. The molecule has 19 heavy (non-hydrogen) atoms. The Hall–Kier alpha value is -2.49. The molecular weight excluding hydrogens is 238 g/mol. The quantitative estimate of drug-likeness (QED) is 0.794. The fourth-order valence-electron chi connectivity index (χ4n) is 2.36. The first-order valence-corrected chi connectivity index (χ1v) is 6.15. The van der Waals surface area contributed by atoms with Gasteiger partial charge in [0.25, 0.3) is 0 Å². The molecule has 0 atom stereocenters. The van der Waals surface area contributed by atoms with Gasteiger partial charge in [0.2, 0.25) is 5.91 Å². The molecule has 0 spiro atoms. The van der Waals surface area contributed by atoms with Crippen LogP contribution in [0.25, 0.3) is 0 Å². The summed E-state index contributed by atoms with van der Waals surface area (Å²) in [5.74, 6) is 0.0705. The van der Waals surface area contributed by atoms with E-state index in [0.717, 1.165) is 17.1 Å². The average Bonchev–Trinajstić information content (AvgIpc) is 2.43. The van der Waals surface area contributed by atoms with Crippen LogP contribution in [-0.4, -0.2) is 19.5 Å². The van der Waals surface area contributed by atoms with Crippen molar-refractivity contribution in [1.29, 1.82) is 0 Å². The number of para-hydroxylation sites is 2. The first kappa shape index (κ1) is 11.6. The van der Waals surface area contributed by atoms with Gasteiger partial charge in [0.1, 0.15) is 6.54 Å². The summed E-state index contributed by atoms with van der Waals surface area (Å²) in [5.41, 5.74) is 9.40. The third-order valence-corrected chi connectivity index (χ3v) is 3.38. The zero-order valence-corrected chi connectivity index (χ0v) is 10.7. The van der Waals surface area contributed by atoms with Crippen LogP contribution in [0.5, 0.6) is 0 Å². The minimum absolute atomic E-state index is 0.0705. The molecule has 1 aliphatic rings. The SMILES string of the molecule is CN1C(=O)CN(c2cccc(N)c2)c2ccccc21. The topological polar surface area (TPSA) is 49.6 Å². The Morgan fingerprint density at radius 1 is 1.05 bits per heavy atom. The molecule has 0 fully saturated rings. The fourth-order valence-corrected chi connectivity index (χ4v) is 2.36. The molecule has 0 aliphatic carbocycles. The average molecular weight is 253 g/mol. The smallest absolute Gasteiger partial charge is 0.246 e. The molecule has 1 amide bonds. The maximum Gasteiger partial charge on any atom is 0.246 e. The van der Waals surface area contributed by atoms with Crippen molar-refractivity contribution < 1.29 is 4.79 Å². The van der Waals surface area contributed by atoms with E-state index in [1.807, 2.05) is 53.4 Å². The van der Waals surface area contributed by atoms with Crippen LogP contribution in [0.15, 0.2) is 48.5 Å². The number of anilines is 4. The molecule has 0 radical (unpaired) electrons. The minimum Gasteiger partial charge on any atom is -0.399 e. The fraction of sp³-hybridized carbons (Fsp3) is 0.133. The Balaban J connectivity index is 2.13. The van der Waals surface area contributed by atoms with Crippen LogP contribution < -0.4 is 15.5 Å². The second-order valence-electron chi connectivity index (χ2n) is 4.62. The van der Waals surface area contributed by atoms with Crippen molar-refractivity contribution in [1.82, 2.24) is 0 Å². The van der Waals surface area contributed by atoms with Gasteiger partial charge in [-0.25, -0.2) is 0 Å². The Kier molecular flexibility index (Phi) is 2.63. The summed E-state index contributed by atoms with van der Waals surface area (Å²) in [6.45, 7) is 0.330. The van der Waals surface area contributed by atoms with E-state index >= 15 is 0 Å². The number of likely N-dealkylation sites (N-methyl/N-ethyl adjacent to an activating group) is 1. The highest BCUT2D eigenvalue weighted by Crippen LogP contribution is 2.37. The van der Waals surface area contributed by atoms with E-state index in [0.29, 0.717) is 12.2 Å². The van der Waals surface area contributed by atoms with Gasteiger partial charge in [-0.3, -0.25) is 4.79 Å². The Morgan fingerprint density at radius 3 is 2.53 bits per heavy atom. The number of rotatable bonds is 1. The highest BCUT2D eigenvalue weighted by molar-refractivity contribution is 6.04. The second-order valence-corrected chi connectivity index (χ2v) is 4.62. The lowest BCUT2D eigenvalue weighted by atomic mass is 10.1. The first-order valence-electron chi connectivity index (χ1n) is 6.15. The van der Waals surface area contributed by atoms with Gasteiger partial charge < -0.3 is 15.5 Å². The van der Waals surface area contributed by atoms with Gasteiger partial charge in [0.05, 0.1) is 11.4 Å². The molecule has 1 aliphatic heterocycles. The summed E-state index contributed by atoms with van der Waals surface area (Å²) >= 11 is 0. The van der Waals surface area contributed by atoms with Gasteiger partial charge in [-0.15, -0.1) is 0 Å². The van der Waals surface area contributed by atoms with E-state index in [1.54, 1.807) is 11.9 Å². The van der Waals surface area contributed by atoms with Crippen LogP contribution in [0.2, 0.25) is 0 Å². The number of carbonyl (C=O) groups excluding carboxylic acids is 1. The lowest BCUT2D eigenvalue weighted by molar-refractivity contribution is -0.117. The summed E-state index contributed by atoms with van der Waals surface area (Å²) in [6, 6.07) is 15.5. The maximum absolute atomic E-state index is 12.1. The molecule has 0 bridgehead atoms. The first-order chi connectivity index (χ1) is 9.16. The third-order valence-electron chi connectivity index (χ3n) is 3.38. The molecule has 0 saturated carbocycles. The molecule has 2 N–H and O–H groups in total. The van der Waals surface area contributed by atoms with Gasteiger partial charge in [-0.05, 0) is 30.3 Å². The molecule has 0 aromatic heterocycles. The van der Waals surface area contributed by atoms with Crippen molar-refractivity contribution in [2.75, 3.05) is 29.1 Å². The summed E-state index contributed by atoms with van der Waals surface area (Å²) in [4.78, 5) is 15.8. The molecule has 2 aromatic rings. The number of carbonyl (C=O) groups is 1. The minimum atomic E-state index is 0.0705. The van der Waals surface area contributed by atoms with Crippen LogP contribution in [0.4, 0.5) is 22.7 Å². The number of amides is 1.